The van der Waals surface area contributed by atoms with E-state index >= 15 is 0 Å². The number of thiophene rings is 1. The molecule has 116 valence electrons. The Morgan fingerprint density at radius 1 is 1.18 bits per heavy atom. The van der Waals surface area contributed by atoms with Crippen LogP contribution in [0.5, 0.6) is 0 Å². The quantitative estimate of drug-likeness (QED) is 0.798. The Morgan fingerprint density at radius 2 is 1.95 bits per heavy atom. The number of benzene rings is 1. The minimum Gasteiger partial charge on any atom is -0.469 e. The number of ether oxygens (including phenoxy) is 1. The minimum atomic E-state index is -0.332. The molecule has 1 heterocycles. The maximum atomic E-state index is 12.1. The van der Waals surface area contributed by atoms with Crippen LogP contribution in [0.1, 0.15) is 29.3 Å². The summed E-state index contributed by atoms with van der Waals surface area (Å²) in [5.74, 6) is -0.395. The summed E-state index contributed by atoms with van der Waals surface area (Å²) >= 11 is 1.52. The molecule has 0 unspecified atom stereocenters. The Morgan fingerprint density at radius 3 is 2.59 bits per heavy atom. The van der Waals surface area contributed by atoms with E-state index in [-0.39, 0.29) is 24.3 Å². The third-order valence-corrected chi connectivity index (χ3v) is 4.29. The molecule has 0 aliphatic heterocycles. The second-order valence-electron chi connectivity index (χ2n) is 4.90. The van der Waals surface area contributed by atoms with Gasteiger partial charge >= 0.3 is 5.97 Å². The standard InChI is InChI=1S/C17H19NO3S/c1-21-17(20)12-14(15-8-5-11-22-15)18-16(19)10-9-13-6-3-2-4-7-13/h2-8,11,14H,9-10,12H2,1H3,(H,18,19)/t14-/m1/s1. The van der Waals surface area contributed by atoms with Crippen molar-refractivity contribution in [2.75, 3.05) is 7.11 Å². The molecule has 2 rings (SSSR count). The number of rotatable bonds is 7. The number of esters is 1. The van der Waals surface area contributed by atoms with Crippen molar-refractivity contribution < 1.29 is 14.3 Å². The fourth-order valence-electron chi connectivity index (χ4n) is 2.13. The second-order valence-corrected chi connectivity index (χ2v) is 5.88. The molecule has 0 radical (unpaired) electrons. The fourth-order valence-corrected chi connectivity index (χ4v) is 2.91. The van der Waals surface area contributed by atoms with Gasteiger partial charge in [-0.2, -0.15) is 0 Å². The van der Waals surface area contributed by atoms with E-state index in [1.165, 1.54) is 18.4 Å². The average molecular weight is 317 g/mol. The molecule has 1 aromatic heterocycles. The van der Waals surface area contributed by atoms with Crippen LogP contribution in [0.4, 0.5) is 0 Å². The third kappa shape index (κ3) is 5.00. The lowest BCUT2D eigenvalue weighted by atomic mass is 10.1. The molecular formula is C17H19NO3S. The molecule has 0 saturated carbocycles. The van der Waals surface area contributed by atoms with E-state index in [0.717, 1.165) is 10.4 Å². The van der Waals surface area contributed by atoms with Gasteiger partial charge in [-0.25, -0.2) is 0 Å². The van der Waals surface area contributed by atoms with E-state index in [0.29, 0.717) is 12.8 Å². The van der Waals surface area contributed by atoms with Crippen molar-refractivity contribution in [3.63, 3.8) is 0 Å². The SMILES string of the molecule is COC(=O)C[C@@H](NC(=O)CCc1ccccc1)c1cccs1. The third-order valence-electron chi connectivity index (χ3n) is 3.30. The van der Waals surface area contributed by atoms with Gasteiger partial charge in [0.1, 0.15) is 0 Å². The zero-order valence-corrected chi connectivity index (χ0v) is 13.3. The monoisotopic (exact) mass is 317 g/mol. The normalized spacial score (nSPS) is 11.7. The molecule has 4 nitrogen and oxygen atoms in total. The van der Waals surface area contributed by atoms with Crippen molar-refractivity contribution >= 4 is 23.2 Å². The molecule has 1 atom stereocenters. The van der Waals surface area contributed by atoms with Crippen LogP contribution >= 0.6 is 11.3 Å². The molecule has 0 bridgehead atoms. The predicted octanol–water partition coefficient (Wildman–Crippen LogP) is 3.10. The van der Waals surface area contributed by atoms with Gasteiger partial charge in [-0.1, -0.05) is 36.4 Å². The van der Waals surface area contributed by atoms with Gasteiger partial charge in [-0.15, -0.1) is 11.3 Å². The number of hydrogen-bond acceptors (Lipinski definition) is 4. The van der Waals surface area contributed by atoms with Crippen LogP contribution in [0, 0.1) is 0 Å². The summed E-state index contributed by atoms with van der Waals surface area (Å²) < 4.78 is 4.70. The van der Waals surface area contributed by atoms with E-state index in [4.69, 9.17) is 4.74 Å². The number of carbonyl (C=O) groups is 2. The highest BCUT2D eigenvalue weighted by molar-refractivity contribution is 7.10. The van der Waals surface area contributed by atoms with E-state index in [1.807, 2.05) is 47.8 Å². The topological polar surface area (TPSA) is 55.4 Å². The van der Waals surface area contributed by atoms with Crippen molar-refractivity contribution in [1.29, 1.82) is 0 Å². The Bertz CT molecular complexity index is 596. The largest absolute Gasteiger partial charge is 0.469 e. The van der Waals surface area contributed by atoms with E-state index in [2.05, 4.69) is 5.32 Å². The van der Waals surface area contributed by atoms with Gasteiger partial charge in [0.25, 0.3) is 0 Å². The van der Waals surface area contributed by atoms with Gasteiger partial charge in [0, 0.05) is 11.3 Å². The summed E-state index contributed by atoms with van der Waals surface area (Å²) in [6.07, 6.45) is 1.23. The minimum absolute atomic E-state index is 0.0637. The molecule has 22 heavy (non-hydrogen) atoms. The first kappa shape index (κ1) is 16.2. The lowest BCUT2D eigenvalue weighted by Crippen LogP contribution is -2.30. The number of amides is 1. The molecule has 0 aliphatic rings. The highest BCUT2D eigenvalue weighted by Gasteiger charge is 2.19. The van der Waals surface area contributed by atoms with E-state index < -0.39 is 0 Å². The zero-order chi connectivity index (χ0) is 15.8. The van der Waals surface area contributed by atoms with Crippen molar-refractivity contribution in [2.24, 2.45) is 0 Å². The Balaban J connectivity index is 1.92. The lowest BCUT2D eigenvalue weighted by molar-refractivity contribution is -0.141. The molecule has 1 N–H and O–H groups in total. The predicted molar refractivity (Wildman–Crippen MR) is 86.6 cm³/mol. The van der Waals surface area contributed by atoms with E-state index in [9.17, 15) is 9.59 Å². The van der Waals surface area contributed by atoms with Crippen LogP contribution in [0.3, 0.4) is 0 Å². The highest BCUT2D eigenvalue weighted by atomic mass is 32.1. The number of methoxy groups -OCH3 is 1. The number of nitrogens with one attached hydrogen (secondary N) is 1. The van der Waals surface area contributed by atoms with Gasteiger partial charge in [-0.05, 0) is 23.4 Å². The molecule has 1 aromatic carbocycles. The molecule has 0 saturated heterocycles. The molecule has 0 aliphatic carbocycles. The van der Waals surface area contributed by atoms with Crippen molar-refractivity contribution in [1.82, 2.24) is 5.32 Å². The number of carbonyl (C=O) groups excluding carboxylic acids is 2. The molecule has 2 aromatic rings. The second kappa shape index (κ2) is 8.34. The summed E-state index contributed by atoms with van der Waals surface area (Å²) in [5.41, 5.74) is 1.12. The smallest absolute Gasteiger partial charge is 0.307 e. The van der Waals surface area contributed by atoms with Crippen molar-refractivity contribution in [3.8, 4) is 0 Å². The van der Waals surface area contributed by atoms with Crippen LogP contribution in [0.15, 0.2) is 47.8 Å². The number of hydrogen-bond donors (Lipinski definition) is 1. The summed E-state index contributed by atoms with van der Waals surface area (Å²) in [5, 5.41) is 4.85. The summed E-state index contributed by atoms with van der Waals surface area (Å²) in [6.45, 7) is 0. The van der Waals surface area contributed by atoms with Gasteiger partial charge in [0.05, 0.1) is 19.6 Å². The first-order chi connectivity index (χ1) is 10.7. The maximum Gasteiger partial charge on any atom is 0.307 e. The van der Waals surface area contributed by atoms with Gasteiger partial charge in [0.2, 0.25) is 5.91 Å². The van der Waals surface area contributed by atoms with Crippen LogP contribution in [-0.4, -0.2) is 19.0 Å². The van der Waals surface area contributed by atoms with Crippen LogP contribution < -0.4 is 5.32 Å². The van der Waals surface area contributed by atoms with Crippen LogP contribution in [0.25, 0.3) is 0 Å². The van der Waals surface area contributed by atoms with E-state index in [1.54, 1.807) is 0 Å². The average Bonchev–Trinajstić information content (AvgIpc) is 3.07. The number of aryl methyl sites for hydroxylation is 1. The maximum absolute atomic E-state index is 12.1. The molecule has 5 heteroatoms. The Hall–Kier alpha value is -2.14. The molecule has 1 amide bonds. The molecule has 0 fully saturated rings. The van der Waals surface area contributed by atoms with Crippen LogP contribution in [-0.2, 0) is 20.7 Å². The van der Waals surface area contributed by atoms with Gasteiger partial charge in [-0.3, -0.25) is 9.59 Å². The first-order valence-electron chi connectivity index (χ1n) is 7.12. The van der Waals surface area contributed by atoms with Gasteiger partial charge in [0.15, 0.2) is 0 Å². The Labute approximate surface area is 134 Å². The summed E-state index contributed by atoms with van der Waals surface area (Å²) in [7, 11) is 1.35. The lowest BCUT2D eigenvalue weighted by Gasteiger charge is -2.16. The zero-order valence-electron chi connectivity index (χ0n) is 12.5. The Kier molecular flexibility index (Phi) is 6.15. The summed E-state index contributed by atoms with van der Waals surface area (Å²) in [4.78, 5) is 24.6. The van der Waals surface area contributed by atoms with Crippen molar-refractivity contribution in [2.45, 2.75) is 25.3 Å². The molecule has 0 spiro atoms. The van der Waals surface area contributed by atoms with Gasteiger partial charge < -0.3 is 10.1 Å². The molecular weight excluding hydrogens is 298 g/mol. The first-order valence-corrected chi connectivity index (χ1v) is 8.00. The summed E-state index contributed by atoms with van der Waals surface area (Å²) in [6, 6.07) is 13.4. The highest BCUT2D eigenvalue weighted by Crippen LogP contribution is 2.22. The fraction of sp³-hybridized carbons (Fsp3) is 0.294. The van der Waals surface area contributed by atoms with Crippen LogP contribution in [0.2, 0.25) is 0 Å². The van der Waals surface area contributed by atoms with Crippen molar-refractivity contribution in [3.05, 3.63) is 58.3 Å².